The number of likely N-dealkylation sites (N-methyl/N-ethyl adjacent to an activating group) is 1. The van der Waals surface area contributed by atoms with Gasteiger partial charge in [-0.25, -0.2) is 9.37 Å². The van der Waals surface area contributed by atoms with Crippen molar-refractivity contribution < 1.29 is 4.39 Å². The van der Waals surface area contributed by atoms with Crippen molar-refractivity contribution in [3.05, 3.63) is 45.9 Å². The van der Waals surface area contributed by atoms with Crippen LogP contribution >= 0.6 is 11.3 Å². The molecule has 1 N–H and O–H groups in total. The van der Waals surface area contributed by atoms with Gasteiger partial charge in [-0.15, -0.1) is 11.3 Å². The molecule has 18 heavy (non-hydrogen) atoms. The lowest BCUT2D eigenvalue weighted by Crippen LogP contribution is -2.24. The molecule has 0 spiro atoms. The number of halogens is 1. The molecule has 0 aromatic carbocycles. The number of thiazole rings is 1. The lowest BCUT2D eigenvalue weighted by Gasteiger charge is -2.16. The Morgan fingerprint density at radius 1 is 1.50 bits per heavy atom. The molecule has 0 saturated heterocycles. The predicted molar refractivity (Wildman–Crippen MR) is 71.2 cm³/mol. The van der Waals surface area contributed by atoms with E-state index in [1.165, 1.54) is 6.07 Å². The number of nitrogens with one attached hydrogen (secondary N) is 1. The molecule has 0 fully saturated rings. The summed E-state index contributed by atoms with van der Waals surface area (Å²) in [5.41, 5.74) is 1.47. The van der Waals surface area contributed by atoms with Gasteiger partial charge in [0.1, 0.15) is 5.82 Å². The van der Waals surface area contributed by atoms with Crippen molar-refractivity contribution >= 4 is 11.3 Å². The van der Waals surface area contributed by atoms with E-state index in [4.69, 9.17) is 0 Å². The van der Waals surface area contributed by atoms with Crippen molar-refractivity contribution in [1.29, 1.82) is 0 Å². The SMILES string of the molecule is CCNC(Cc1nc(C)cs1)c1ncccc1F. The first kappa shape index (κ1) is 13.1. The van der Waals surface area contributed by atoms with Gasteiger partial charge in [0.25, 0.3) is 0 Å². The number of hydrogen-bond donors (Lipinski definition) is 1. The molecule has 2 aromatic heterocycles. The summed E-state index contributed by atoms with van der Waals surface area (Å²) in [6, 6.07) is 2.93. The summed E-state index contributed by atoms with van der Waals surface area (Å²) < 4.78 is 13.8. The molecule has 0 amide bonds. The average molecular weight is 265 g/mol. The minimum atomic E-state index is -0.267. The van der Waals surface area contributed by atoms with Gasteiger partial charge in [0.2, 0.25) is 0 Å². The predicted octanol–water partition coefficient (Wildman–Crippen LogP) is 2.88. The van der Waals surface area contributed by atoms with E-state index in [0.29, 0.717) is 12.1 Å². The Hall–Kier alpha value is -1.33. The first-order valence-corrected chi connectivity index (χ1v) is 6.83. The molecule has 0 radical (unpaired) electrons. The van der Waals surface area contributed by atoms with Crippen LogP contribution in [0, 0.1) is 12.7 Å². The van der Waals surface area contributed by atoms with Crippen molar-refractivity contribution in [2.75, 3.05) is 6.54 Å². The van der Waals surface area contributed by atoms with E-state index in [9.17, 15) is 4.39 Å². The Morgan fingerprint density at radius 2 is 2.33 bits per heavy atom. The van der Waals surface area contributed by atoms with Crippen molar-refractivity contribution in [2.24, 2.45) is 0 Å². The fraction of sp³-hybridized carbons (Fsp3) is 0.385. The highest BCUT2D eigenvalue weighted by Gasteiger charge is 2.18. The number of aryl methyl sites for hydroxylation is 1. The Labute approximate surface area is 110 Å². The van der Waals surface area contributed by atoms with Crippen LogP contribution in [-0.4, -0.2) is 16.5 Å². The second-order valence-corrected chi connectivity index (χ2v) is 5.01. The van der Waals surface area contributed by atoms with Crippen LogP contribution in [0.5, 0.6) is 0 Å². The molecule has 2 aromatic rings. The van der Waals surface area contributed by atoms with E-state index in [1.807, 2.05) is 19.2 Å². The topological polar surface area (TPSA) is 37.8 Å². The molecule has 0 aliphatic heterocycles. The van der Waals surface area contributed by atoms with Gasteiger partial charge in [-0.2, -0.15) is 0 Å². The monoisotopic (exact) mass is 265 g/mol. The van der Waals surface area contributed by atoms with Crippen molar-refractivity contribution in [3.63, 3.8) is 0 Å². The molecular weight excluding hydrogens is 249 g/mol. The molecule has 96 valence electrons. The number of nitrogens with zero attached hydrogens (tertiary/aromatic N) is 2. The minimum Gasteiger partial charge on any atom is -0.308 e. The van der Waals surface area contributed by atoms with E-state index in [0.717, 1.165) is 17.2 Å². The van der Waals surface area contributed by atoms with Crippen LogP contribution in [-0.2, 0) is 6.42 Å². The summed E-state index contributed by atoms with van der Waals surface area (Å²) in [5.74, 6) is -0.267. The van der Waals surface area contributed by atoms with E-state index in [2.05, 4.69) is 15.3 Å². The summed E-state index contributed by atoms with van der Waals surface area (Å²) in [6.45, 7) is 4.73. The Bertz CT molecular complexity index is 512. The second-order valence-electron chi connectivity index (χ2n) is 4.07. The van der Waals surface area contributed by atoms with Gasteiger partial charge >= 0.3 is 0 Å². The average Bonchev–Trinajstić information content (AvgIpc) is 2.75. The van der Waals surface area contributed by atoms with Crippen LogP contribution < -0.4 is 5.32 Å². The number of rotatable bonds is 5. The quantitative estimate of drug-likeness (QED) is 0.903. The van der Waals surface area contributed by atoms with Crippen LogP contribution in [0.1, 0.15) is 29.4 Å². The molecule has 0 saturated carbocycles. The van der Waals surface area contributed by atoms with Crippen molar-refractivity contribution in [1.82, 2.24) is 15.3 Å². The van der Waals surface area contributed by atoms with Gasteiger partial charge in [0.05, 0.1) is 16.7 Å². The molecular formula is C13H16FN3S. The van der Waals surface area contributed by atoms with Crippen molar-refractivity contribution in [2.45, 2.75) is 26.3 Å². The van der Waals surface area contributed by atoms with Gasteiger partial charge in [-0.1, -0.05) is 6.92 Å². The Morgan fingerprint density at radius 3 is 2.94 bits per heavy atom. The third-order valence-electron chi connectivity index (χ3n) is 2.61. The maximum absolute atomic E-state index is 13.8. The molecule has 3 nitrogen and oxygen atoms in total. The number of pyridine rings is 1. The van der Waals surface area contributed by atoms with Crippen LogP contribution in [0.3, 0.4) is 0 Å². The summed E-state index contributed by atoms with van der Waals surface area (Å²) in [4.78, 5) is 8.56. The largest absolute Gasteiger partial charge is 0.308 e. The first-order chi connectivity index (χ1) is 8.70. The smallest absolute Gasteiger partial charge is 0.146 e. The highest BCUT2D eigenvalue weighted by Crippen LogP contribution is 2.21. The lowest BCUT2D eigenvalue weighted by molar-refractivity contribution is 0.493. The maximum atomic E-state index is 13.8. The zero-order valence-corrected chi connectivity index (χ0v) is 11.3. The van der Waals surface area contributed by atoms with Gasteiger partial charge in [0, 0.05) is 23.7 Å². The maximum Gasteiger partial charge on any atom is 0.146 e. The molecule has 2 heterocycles. The van der Waals surface area contributed by atoms with E-state index in [1.54, 1.807) is 23.6 Å². The first-order valence-electron chi connectivity index (χ1n) is 5.95. The third-order valence-corrected chi connectivity index (χ3v) is 3.60. The summed E-state index contributed by atoms with van der Waals surface area (Å²) in [5, 5.41) is 6.27. The van der Waals surface area contributed by atoms with Crippen LogP contribution in [0.4, 0.5) is 4.39 Å². The van der Waals surface area contributed by atoms with E-state index < -0.39 is 0 Å². The summed E-state index contributed by atoms with van der Waals surface area (Å²) >= 11 is 1.60. The molecule has 0 bridgehead atoms. The summed E-state index contributed by atoms with van der Waals surface area (Å²) in [6.07, 6.45) is 2.29. The molecule has 1 unspecified atom stereocenters. The van der Waals surface area contributed by atoms with Gasteiger partial charge in [0.15, 0.2) is 0 Å². The van der Waals surface area contributed by atoms with E-state index in [-0.39, 0.29) is 11.9 Å². The van der Waals surface area contributed by atoms with Crippen molar-refractivity contribution in [3.8, 4) is 0 Å². The molecule has 0 aliphatic rings. The molecule has 5 heteroatoms. The molecule has 2 rings (SSSR count). The lowest BCUT2D eigenvalue weighted by atomic mass is 10.1. The zero-order valence-electron chi connectivity index (χ0n) is 10.5. The fourth-order valence-electron chi connectivity index (χ4n) is 1.84. The zero-order chi connectivity index (χ0) is 13.0. The number of aromatic nitrogens is 2. The van der Waals surface area contributed by atoms with Gasteiger partial charge in [-0.3, -0.25) is 4.98 Å². The summed E-state index contributed by atoms with van der Waals surface area (Å²) in [7, 11) is 0. The van der Waals surface area contributed by atoms with E-state index >= 15 is 0 Å². The van der Waals surface area contributed by atoms with Crippen LogP contribution in [0.15, 0.2) is 23.7 Å². The third kappa shape index (κ3) is 3.11. The highest BCUT2D eigenvalue weighted by atomic mass is 32.1. The second kappa shape index (κ2) is 6.02. The molecule has 0 aliphatic carbocycles. The number of hydrogen-bond acceptors (Lipinski definition) is 4. The standard InChI is InChI=1S/C13H16FN3S/c1-3-15-11(7-12-17-9(2)8-18-12)13-10(14)5-4-6-16-13/h4-6,8,11,15H,3,7H2,1-2H3. The minimum absolute atomic E-state index is 0.123. The normalized spacial score (nSPS) is 12.6. The van der Waals surface area contributed by atoms with Crippen LogP contribution in [0.25, 0.3) is 0 Å². The fourth-order valence-corrected chi connectivity index (χ4v) is 2.66. The highest BCUT2D eigenvalue weighted by molar-refractivity contribution is 7.09. The Kier molecular flexibility index (Phi) is 4.38. The van der Waals surface area contributed by atoms with Gasteiger partial charge < -0.3 is 5.32 Å². The van der Waals surface area contributed by atoms with Crippen LogP contribution in [0.2, 0.25) is 0 Å². The Balaban J connectivity index is 2.20. The molecule has 1 atom stereocenters. The van der Waals surface area contributed by atoms with Gasteiger partial charge in [-0.05, 0) is 25.6 Å².